The fourth-order valence-corrected chi connectivity index (χ4v) is 4.41. The molecule has 28 heavy (non-hydrogen) atoms. The van der Waals surface area contributed by atoms with Crippen LogP contribution >= 0.6 is 0 Å². The summed E-state index contributed by atoms with van der Waals surface area (Å²) in [5.74, 6) is -1.06. The highest BCUT2D eigenvalue weighted by Gasteiger charge is 2.52. The lowest BCUT2D eigenvalue weighted by atomic mass is 9.90. The summed E-state index contributed by atoms with van der Waals surface area (Å²) in [5, 5.41) is 8.47. The molecule has 1 unspecified atom stereocenters. The van der Waals surface area contributed by atoms with Crippen LogP contribution in [-0.4, -0.2) is 47.3 Å². The molecule has 8 heteroatoms. The SMILES string of the molecule is O=C1CC(C(=O)NCCCN2C(=O)NC3(CCCC3)C2=O)c2ccccc2N1. The summed E-state index contributed by atoms with van der Waals surface area (Å²) in [6, 6.07) is 6.94. The molecule has 8 nitrogen and oxygen atoms in total. The molecular weight excluding hydrogens is 360 g/mol. The predicted molar refractivity (Wildman–Crippen MR) is 102 cm³/mol. The standard InChI is InChI=1S/C20H24N4O4/c25-16-12-14(13-6-1-2-7-15(13)22-16)17(26)21-10-5-11-24-18(27)20(23-19(24)28)8-3-4-9-20/h1-2,6-7,14H,3-5,8-12H2,(H,21,26)(H,22,25)(H,23,28). The van der Waals surface area contributed by atoms with Crippen LogP contribution < -0.4 is 16.0 Å². The molecule has 3 aliphatic rings. The van der Waals surface area contributed by atoms with Crippen molar-refractivity contribution in [2.75, 3.05) is 18.4 Å². The van der Waals surface area contributed by atoms with Gasteiger partial charge < -0.3 is 16.0 Å². The third-order valence-corrected chi connectivity index (χ3v) is 5.88. The third-order valence-electron chi connectivity index (χ3n) is 5.88. The van der Waals surface area contributed by atoms with Crippen molar-refractivity contribution in [1.82, 2.24) is 15.5 Å². The minimum absolute atomic E-state index is 0.110. The number of hydrogen-bond acceptors (Lipinski definition) is 4. The van der Waals surface area contributed by atoms with Crippen LogP contribution in [0, 0.1) is 0 Å². The van der Waals surface area contributed by atoms with E-state index in [1.807, 2.05) is 18.2 Å². The topological polar surface area (TPSA) is 108 Å². The monoisotopic (exact) mass is 384 g/mol. The molecular formula is C20H24N4O4. The number of hydrogen-bond donors (Lipinski definition) is 3. The molecule has 2 fully saturated rings. The lowest BCUT2D eigenvalue weighted by Crippen LogP contribution is -2.44. The highest BCUT2D eigenvalue weighted by atomic mass is 16.2. The maximum atomic E-state index is 12.6. The second kappa shape index (κ2) is 7.26. The number of urea groups is 1. The van der Waals surface area contributed by atoms with E-state index >= 15 is 0 Å². The number of rotatable bonds is 5. The number of imide groups is 1. The first-order valence-corrected chi connectivity index (χ1v) is 9.81. The van der Waals surface area contributed by atoms with Crippen molar-refractivity contribution in [1.29, 1.82) is 0 Å². The van der Waals surface area contributed by atoms with Gasteiger partial charge >= 0.3 is 6.03 Å². The first kappa shape index (κ1) is 18.5. The molecule has 3 N–H and O–H groups in total. The lowest BCUT2D eigenvalue weighted by Gasteiger charge is -2.25. The first-order valence-electron chi connectivity index (χ1n) is 9.81. The molecule has 0 bridgehead atoms. The normalized spacial score (nSPS) is 22.8. The van der Waals surface area contributed by atoms with Gasteiger partial charge in [-0.1, -0.05) is 31.0 Å². The Morgan fingerprint density at radius 3 is 2.71 bits per heavy atom. The van der Waals surface area contributed by atoms with Crippen molar-refractivity contribution in [3.8, 4) is 0 Å². The fraction of sp³-hybridized carbons (Fsp3) is 0.500. The highest BCUT2D eigenvalue weighted by Crippen LogP contribution is 2.35. The van der Waals surface area contributed by atoms with E-state index in [9.17, 15) is 19.2 Å². The van der Waals surface area contributed by atoms with E-state index in [0.29, 0.717) is 31.5 Å². The molecule has 4 rings (SSSR count). The molecule has 1 saturated heterocycles. The Labute approximate surface area is 163 Å². The molecule has 0 radical (unpaired) electrons. The Bertz CT molecular complexity index is 831. The number of fused-ring (bicyclic) bond motifs is 1. The quantitative estimate of drug-likeness (QED) is 0.528. The van der Waals surface area contributed by atoms with Crippen LogP contribution in [0.4, 0.5) is 10.5 Å². The number of benzene rings is 1. The highest BCUT2D eigenvalue weighted by molar-refractivity contribution is 6.07. The van der Waals surface area contributed by atoms with Gasteiger partial charge in [-0.2, -0.15) is 0 Å². The van der Waals surface area contributed by atoms with Crippen LogP contribution in [0.1, 0.15) is 50.0 Å². The molecule has 1 aliphatic carbocycles. The Morgan fingerprint density at radius 1 is 1.18 bits per heavy atom. The molecule has 1 saturated carbocycles. The number of carbonyl (C=O) groups is 4. The Morgan fingerprint density at radius 2 is 1.93 bits per heavy atom. The zero-order valence-corrected chi connectivity index (χ0v) is 15.6. The minimum atomic E-state index is -0.695. The van der Waals surface area contributed by atoms with Gasteiger partial charge in [0.25, 0.3) is 5.91 Å². The van der Waals surface area contributed by atoms with E-state index in [-0.39, 0.29) is 36.7 Å². The predicted octanol–water partition coefficient (Wildman–Crippen LogP) is 1.48. The maximum absolute atomic E-state index is 12.6. The second-order valence-corrected chi connectivity index (χ2v) is 7.71. The molecule has 0 aromatic heterocycles. The van der Waals surface area contributed by atoms with E-state index in [2.05, 4.69) is 16.0 Å². The van der Waals surface area contributed by atoms with Crippen LogP contribution in [0.25, 0.3) is 0 Å². The number of amides is 5. The molecule has 5 amide bonds. The summed E-state index contributed by atoms with van der Waals surface area (Å²) in [5.41, 5.74) is 0.774. The van der Waals surface area contributed by atoms with Gasteiger partial charge in [0.15, 0.2) is 0 Å². The number of nitrogens with one attached hydrogen (secondary N) is 3. The van der Waals surface area contributed by atoms with Gasteiger partial charge in [0.05, 0.1) is 5.92 Å². The Balaban J connectivity index is 1.30. The summed E-state index contributed by atoms with van der Waals surface area (Å²) < 4.78 is 0. The summed E-state index contributed by atoms with van der Waals surface area (Å²) >= 11 is 0. The summed E-state index contributed by atoms with van der Waals surface area (Å²) in [4.78, 5) is 50.5. The minimum Gasteiger partial charge on any atom is -0.355 e. The molecule has 148 valence electrons. The molecule has 1 atom stereocenters. The van der Waals surface area contributed by atoms with E-state index < -0.39 is 11.5 Å². The van der Waals surface area contributed by atoms with Gasteiger partial charge in [0, 0.05) is 25.2 Å². The Hall–Kier alpha value is -2.90. The molecule has 2 heterocycles. The maximum Gasteiger partial charge on any atom is 0.325 e. The third kappa shape index (κ3) is 3.23. The summed E-state index contributed by atoms with van der Waals surface area (Å²) in [6.45, 7) is 0.609. The van der Waals surface area contributed by atoms with E-state index in [1.165, 1.54) is 4.90 Å². The van der Waals surface area contributed by atoms with Gasteiger partial charge in [0.2, 0.25) is 11.8 Å². The smallest absolute Gasteiger partial charge is 0.325 e. The van der Waals surface area contributed by atoms with Crippen LogP contribution in [-0.2, 0) is 14.4 Å². The Kier molecular flexibility index (Phi) is 4.78. The molecule has 1 spiro atoms. The van der Waals surface area contributed by atoms with Crippen molar-refractivity contribution in [2.45, 2.75) is 50.0 Å². The van der Waals surface area contributed by atoms with E-state index in [1.54, 1.807) is 6.07 Å². The van der Waals surface area contributed by atoms with Crippen molar-refractivity contribution in [2.24, 2.45) is 0 Å². The van der Waals surface area contributed by atoms with Gasteiger partial charge in [-0.25, -0.2) is 4.79 Å². The van der Waals surface area contributed by atoms with Gasteiger partial charge in [-0.3, -0.25) is 19.3 Å². The number of carbonyl (C=O) groups excluding carboxylic acids is 4. The van der Waals surface area contributed by atoms with Crippen LogP contribution in [0.3, 0.4) is 0 Å². The largest absolute Gasteiger partial charge is 0.355 e. The number of nitrogens with zero attached hydrogens (tertiary/aromatic N) is 1. The summed E-state index contributed by atoms with van der Waals surface area (Å²) in [6.07, 6.45) is 3.89. The van der Waals surface area contributed by atoms with Crippen molar-refractivity contribution in [3.05, 3.63) is 29.8 Å². The zero-order chi connectivity index (χ0) is 19.7. The second-order valence-electron chi connectivity index (χ2n) is 7.71. The van der Waals surface area contributed by atoms with E-state index in [0.717, 1.165) is 18.4 Å². The average molecular weight is 384 g/mol. The van der Waals surface area contributed by atoms with Crippen molar-refractivity contribution >= 4 is 29.4 Å². The van der Waals surface area contributed by atoms with Gasteiger partial charge in [-0.05, 0) is 30.9 Å². The fourth-order valence-electron chi connectivity index (χ4n) is 4.41. The van der Waals surface area contributed by atoms with Gasteiger partial charge in [0.1, 0.15) is 5.54 Å². The van der Waals surface area contributed by atoms with Crippen LogP contribution in [0.15, 0.2) is 24.3 Å². The molecule has 2 aliphatic heterocycles. The average Bonchev–Trinajstić information content (AvgIpc) is 3.24. The van der Waals surface area contributed by atoms with Gasteiger partial charge in [-0.15, -0.1) is 0 Å². The summed E-state index contributed by atoms with van der Waals surface area (Å²) in [7, 11) is 0. The van der Waals surface area contributed by atoms with Crippen LogP contribution in [0.5, 0.6) is 0 Å². The zero-order valence-electron chi connectivity index (χ0n) is 15.6. The van der Waals surface area contributed by atoms with E-state index in [4.69, 9.17) is 0 Å². The first-order chi connectivity index (χ1) is 13.5. The molecule has 1 aromatic carbocycles. The number of anilines is 1. The lowest BCUT2D eigenvalue weighted by molar-refractivity contribution is -0.131. The van der Waals surface area contributed by atoms with Crippen molar-refractivity contribution < 1.29 is 19.2 Å². The number of para-hydroxylation sites is 1. The van der Waals surface area contributed by atoms with Crippen LogP contribution in [0.2, 0.25) is 0 Å². The molecule has 1 aromatic rings. The van der Waals surface area contributed by atoms with Crippen molar-refractivity contribution in [3.63, 3.8) is 0 Å².